The second kappa shape index (κ2) is 7.97. The van der Waals surface area contributed by atoms with Crippen LogP contribution in [0.4, 0.5) is 5.69 Å². The van der Waals surface area contributed by atoms with E-state index >= 15 is 0 Å². The first-order valence-corrected chi connectivity index (χ1v) is 8.10. The van der Waals surface area contributed by atoms with Crippen LogP contribution in [0.1, 0.15) is 13.8 Å². The summed E-state index contributed by atoms with van der Waals surface area (Å²) in [6.07, 6.45) is 0. The lowest BCUT2D eigenvalue weighted by molar-refractivity contribution is -0.134. The summed E-state index contributed by atoms with van der Waals surface area (Å²) in [4.78, 5) is 28.1. The zero-order valence-electron chi connectivity index (χ0n) is 13.9. The van der Waals surface area contributed by atoms with E-state index in [0.29, 0.717) is 13.1 Å². The second-order valence-electron chi connectivity index (χ2n) is 6.07. The number of benzene rings is 1. The summed E-state index contributed by atoms with van der Waals surface area (Å²) in [5, 5.41) is 2.68. The van der Waals surface area contributed by atoms with Crippen LogP contribution in [-0.2, 0) is 9.59 Å². The number of rotatable bonds is 5. The van der Waals surface area contributed by atoms with E-state index in [1.54, 1.807) is 18.7 Å². The minimum Gasteiger partial charge on any atom is -0.368 e. The molecule has 1 heterocycles. The van der Waals surface area contributed by atoms with Crippen molar-refractivity contribution in [2.24, 2.45) is 11.7 Å². The van der Waals surface area contributed by atoms with Gasteiger partial charge in [-0.05, 0) is 19.1 Å². The predicted molar refractivity (Wildman–Crippen MR) is 91.1 cm³/mol. The third-order valence-electron chi connectivity index (χ3n) is 4.37. The average molecular weight is 318 g/mol. The third kappa shape index (κ3) is 4.69. The van der Waals surface area contributed by atoms with Crippen LogP contribution in [0, 0.1) is 5.92 Å². The zero-order chi connectivity index (χ0) is 16.8. The minimum atomic E-state index is -0.294. The number of amides is 2. The van der Waals surface area contributed by atoms with Gasteiger partial charge in [0.25, 0.3) is 0 Å². The van der Waals surface area contributed by atoms with Gasteiger partial charge < -0.3 is 20.9 Å². The van der Waals surface area contributed by atoms with Crippen LogP contribution >= 0.6 is 0 Å². The van der Waals surface area contributed by atoms with Gasteiger partial charge in [-0.15, -0.1) is 0 Å². The number of nitrogens with zero attached hydrogens (tertiary/aromatic N) is 2. The molecular weight excluding hydrogens is 292 g/mol. The molecule has 6 nitrogen and oxygen atoms in total. The monoisotopic (exact) mass is 318 g/mol. The smallest absolute Gasteiger partial charge is 0.242 e. The number of piperazine rings is 1. The molecule has 2 unspecified atom stereocenters. The van der Waals surface area contributed by atoms with Crippen molar-refractivity contribution in [3.05, 3.63) is 30.3 Å². The highest BCUT2D eigenvalue weighted by Gasteiger charge is 2.23. The van der Waals surface area contributed by atoms with E-state index in [9.17, 15) is 9.59 Å². The molecule has 1 aromatic carbocycles. The van der Waals surface area contributed by atoms with Crippen LogP contribution in [0.3, 0.4) is 0 Å². The number of nitrogens with one attached hydrogen (secondary N) is 1. The van der Waals surface area contributed by atoms with Crippen molar-refractivity contribution < 1.29 is 9.59 Å². The van der Waals surface area contributed by atoms with Crippen LogP contribution < -0.4 is 16.0 Å². The number of carbonyl (C=O) groups excluding carboxylic acids is 2. The van der Waals surface area contributed by atoms with Gasteiger partial charge in [0.2, 0.25) is 11.8 Å². The van der Waals surface area contributed by atoms with Crippen molar-refractivity contribution >= 4 is 17.5 Å². The maximum atomic E-state index is 12.2. The molecule has 126 valence electrons. The SMILES string of the molecule is CC(N)C(C)C(=O)NCC(=O)N1CCN(c2ccccc2)CC1. The summed E-state index contributed by atoms with van der Waals surface area (Å²) in [7, 11) is 0. The number of anilines is 1. The van der Waals surface area contributed by atoms with Gasteiger partial charge in [-0.2, -0.15) is 0 Å². The molecule has 0 radical (unpaired) electrons. The molecule has 1 fully saturated rings. The second-order valence-corrected chi connectivity index (χ2v) is 6.07. The number of hydrogen-bond donors (Lipinski definition) is 2. The maximum absolute atomic E-state index is 12.2. The fourth-order valence-corrected chi connectivity index (χ4v) is 2.53. The molecule has 1 aliphatic rings. The van der Waals surface area contributed by atoms with Gasteiger partial charge in [0.15, 0.2) is 0 Å². The Hall–Kier alpha value is -2.08. The molecule has 2 atom stereocenters. The van der Waals surface area contributed by atoms with Crippen LogP contribution in [0.25, 0.3) is 0 Å². The molecule has 2 amide bonds. The van der Waals surface area contributed by atoms with Gasteiger partial charge in [-0.3, -0.25) is 9.59 Å². The minimum absolute atomic E-state index is 0.0389. The Labute approximate surface area is 137 Å². The summed E-state index contributed by atoms with van der Waals surface area (Å²) in [6, 6.07) is 9.96. The highest BCUT2D eigenvalue weighted by molar-refractivity contribution is 5.86. The Morgan fingerprint density at radius 3 is 2.30 bits per heavy atom. The molecule has 2 rings (SSSR count). The fraction of sp³-hybridized carbons (Fsp3) is 0.529. The molecule has 23 heavy (non-hydrogen) atoms. The fourth-order valence-electron chi connectivity index (χ4n) is 2.53. The van der Waals surface area contributed by atoms with E-state index in [1.165, 1.54) is 5.69 Å². The van der Waals surface area contributed by atoms with E-state index in [-0.39, 0.29) is 30.3 Å². The topological polar surface area (TPSA) is 78.7 Å². The van der Waals surface area contributed by atoms with E-state index in [0.717, 1.165) is 13.1 Å². The lowest BCUT2D eigenvalue weighted by atomic mass is 10.0. The summed E-state index contributed by atoms with van der Waals surface area (Å²) in [6.45, 7) is 6.55. The van der Waals surface area contributed by atoms with Crippen LogP contribution in [0.15, 0.2) is 30.3 Å². The lowest BCUT2D eigenvalue weighted by Crippen LogP contribution is -2.52. The van der Waals surface area contributed by atoms with Crippen molar-refractivity contribution in [1.82, 2.24) is 10.2 Å². The normalized spacial score (nSPS) is 17.5. The van der Waals surface area contributed by atoms with Gasteiger partial charge in [-0.25, -0.2) is 0 Å². The van der Waals surface area contributed by atoms with Gasteiger partial charge in [0.1, 0.15) is 0 Å². The van der Waals surface area contributed by atoms with Crippen molar-refractivity contribution in [2.75, 3.05) is 37.6 Å². The van der Waals surface area contributed by atoms with Crippen LogP contribution in [0.5, 0.6) is 0 Å². The summed E-state index contributed by atoms with van der Waals surface area (Å²) in [5.74, 6) is -0.503. The number of hydrogen-bond acceptors (Lipinski definition) is 4. The van der Waals surface area contributed by atoms with E-state index < -0.39 is 0 Å². The van der Waals surface area contributed by atoms with Crippen molar-refractivity contribution in [3.8, 4) is 0 Å². The molecule has 1 aliphatic heterocycles. The van der Waals surface area contributed by atoms with E-state index in [1.807, 2.05) is 18.2 Å². The van der Waals surface area contributed by atoms with Crippen LogP contribution in [0.2, 0.25) is 0 Å². The Kier molecular flexibility index (Phi) is 5.98. The molecular formula is C17H26N4O2. The molecule has 3 N–H and O–H groups in total. The molecule has 0 aliphatic carbocycles. The maximum Gasteiger partial charge on any atom is 0.242 e. The highest BCUT2D eigenvalue weighted by Crippen LogP contribution is 2.15. The summed E-state index contributed by atoms with van der Waals surface area (Å²) in [5.41, 5.74) is 6.87. The Balaban J connectivity index is 1.77. The zero-order valence-corrected chi connectivity index (χ0v) is 13.9. The third-order valence-corrected chi connectivity index (χ3v) is 4.37. The largest absolute Gasteiger partial charge is 0.368 e. The first-order valence-electron chi connectivity index (χ1n) is 8.10. The quantitative estimate of drug-likeness (QED) is 0.825. The van der Waals surface area contributed by atoms with E-state index in [4.69, 9.17) is 5.73 Å². The summed E-state index contributed by atoms with van der Waals surface area (Å²) < 4.78 is 0. The Bertz CT molecular complexity index is 525. The first-order chi connectivity index (χ1) is 11.0. The summed E-state index contributed by atoms with van der Waals surface area (Å²) >= 11 is 0. The molecule has 0 bridgehead atoms. The highest BCUT2D eigenvalue weighted by atomic mass is 16.2. The molecule has 1 saturated heterocycles. The Morgan fingerprint density at radius 1 is 1.13 bits per heavy atom. The molecule has 0 saturated carbocycles. The number of carbonyl (C=O) groups is 2. The average Bonchev–Trinajstić information content (AvgIpc) is 2.59. The van der Waals surface area contributed by atoms with Gasteiger partial charge >= 0.3 is 0 Å². The molecule has 1 aromatic rings. The Morgan fingerprint density at radius 2 is 1.74 bits per heavy atom. The van der Waals surface area contributed by atoms with Gasteiger partial charge in [0, 0.05) is 43.8 Å². The molecule has 6 heteroatoms. The van der Waals surface area contributed by atoms with Crippen LogP contribution in [-0.4, -0.2) is 55.5 Å². The standard InChI is InChI=1S/C17H26N4O2/c1-13(14(2)18)17(23)19-12-16(22)21-10-8-20(9-11-21)15-6-4-3-5-7-15/h3-7,13-14H,8-12,18H2,1-2H3,(H,19,23). The molecule has 0 spiro atoms. The predicted octanol–water partition coefficient (Wildman–Crippen LogP) is 0.435. The lowest BCUT2D eigenvalue weighted by Gasteiger charge is -2.36. The van der Waals surface area contributed by atoms with E-state index in [2.05, 4.69) is 22.3 Å². The number of para-hydroxylation sites is 1. The van der Waals surface area contributed by atoms with Crippen molar-refractivity contribution in [2.45, 2.75) is 19.9 Å². The number of nitrogens with two attached hydrogens (primary N) is 1. The van der Waals surface area contributed by atoms with Crippen molar-refractivity contribution in [3.63, 3.8) is 0 Å². The van der Waals surface area contributed by atoms with Gasteiger partial charge in [-0.1, -0.05) is 25.1 Å². The van der Waals surface area contributed by atoms with Crippen molar-refractivity contribution in [1.29, 1.82) is 0 Å². The molecule has 0 aromatic heterocycles. The van der Waals surface area contributed by atoms with Gasteiger partial charge in [0.05, 0.1) is 6.54 Å². The first kappa shape index (κ1) is 17.3.